The zero-order chi connectivity index (χ0) is 15.1. The molecule has 1 atom stereocenters. The van der Waals surface area contributed by atoms with Gasteiger partial charge in [-0.15, -0.1) is 0 Å². The number of aliphatic hydroxyl groups is 1. The van der Waals surface area contributed by atoms with E-state index >= 15 is 0 Å². The number of hydrogen-bond acceptors (Lipinski definition) is 5. The van der Waals surface area contributed by atoms with E-state index in [2.05, 4.69) is 4.74 Å². The van der Waals surface area contributed by atoms with Gasteiger partial charge in [0.25, 0.3) is 0 Å². The van der Waals surface area contributed by atoms with Crippen LogP contribution in [-0.2, 0) is 19.1 Å². The van der Waals surface area contributed by atoms with Gasteiger partial charge in [-0.3, -0.25) is 9.59 Å². The average molecular weight is 282 g/mol. The van der Waals surface area contributed by atoms with Gasteiger partial charge in [-0.25, -0.2) is 8.78 Å². The molecule has 1 N–H and O–H groups in total. The lowest BCUT2D eigenvalue weighted by Gasteiger charge is -2.17. The molecular weight excluding hydrogens is 262 g/mol. The molecular formula is C12H20F2O5. The van der Waals surface area contributed by atoms with E-state index < -0.39 is 30.7 Å². The van der Waals surface area contributed by atoms with Crippen LogP contribution < -0.4 is 0 Å². The Kier molecular flexibility index (Phi) is 7.07. The minimum atomic E-state index is -1.53. The fourth-order valence-corrected chi connectivity index (χ4v) is 1.01. The van der Waals surface area contributed by atoms with Crippen LogP contribution in [0.4, 0.5) is 8.78 Å². The maximum Gasteiger partial charge on any atom is 0.309 e. The molecule has 1 aliphatic heterocycles. The first-order valence-electron chi connectivity index (χ1n) is 5.77. The third-order valence-electron chi connectivity index (χ3n) is 2.04. The number of alkyl halides is 2. The third-order valence-corrected chi connectivity index (χ3v) is 2.04. The van der Waals surface area contributed by atoms with Gasteiger partial charge >= 0.3 is 5.97 Å². The number of esters is 1. The Hall–Kier alpha value is -1.08. The summed E-state index contributed by atoms with van der Waals surface area (Å²) in [7, 11) is 0. The highest BCUT2D eigenvalue weighted by Gasteiger charge is 2.38. The molecule has 5 nitrogen and oxygen atoms in total. The highest BCUT2D eigenvalue weighted by atomic mass is 19.1. The van der Waals surface area contributed by atoms with Crippen LogP contribution >= 0.6 is 0 Å². The van der Waals surface area contributed by atoms with E-state index in [1.165, 1.54) is 0 Å². The summed E-state index contributed by atoms with van der Waals surface area (Å²) >= 11 is 0. The number of Topliss-reactive ketones (excluding diaryl/α,β-unsaturated/α-hetero) is 1. The molecule has 0 saturated carbocycles. The Morgan fingerprint density at radius 3 is 2.32 bits per heavy atom. The molecule has 0 radical (unpaired) electrons. The molecule has 1 fully saturated rings. The van der Waals surface area contributed by atoms with Gasteiger partial charge in [-0.2, -0.15) is 0 Å². The predicted molar refractivity (Wildman–Crippen MR) is 63.2 cm³/mol. The first-order valence-corrected chi connectivity index (χ1v) is 5.77. The van der Waals surface area contributed by atoms with Gasteiger partial charge in [0.1, 0.15) is 25.5 Å². The van der Waals surface area contributed by atoms with Crippen LogP contribution in [0.5, 0.6) is 0 Å². The van der Waals surface area contributed by atoms with Crippen molar-refractivity contribution in [2.45, 2.75) is 38.4 Å². The van der Waals surface area contributed by atoms with Gasteiger partial charge in [-0.05, 0) is 20.8 Å². The lowest BCUT2D eigenvalue weighted by Crippen LogP contribution is -2.31. The summed E-state index contributed by atoms with van der Waals surface area (Å²) in [6.45, 7) is 3.27. The Labute approximate surface area is 110 Å². The van der Waals surface area contributed by atoms with Crippen LogP contribution in [0.1, 0.15) is 27.2 Å². The minimum Gasteiger partial charge on any atom is -0.462 e. The maximum atomic E-state index is 11.8. The van der Waals surface area contributed by atoms with E-state index in [0.717, 1.165) is 0 Å². The van der Waals surface area contributed by atoms with E-state index in [9.17, 15) is 18.4 Å². The summed E-state index contributed by atoms with van der Waals surface area (Å²) in [5.41, 5.74) is -1.89. The fourth-order valence-electron chi connectivity index (χ4n) is 1.01. The minimum absolute atomic E-state index is 0.125. The largest absolute Gasteiger partial charge is 0.462 e. The van der Waals surface area contributed by atoms with Crippen molar-refractivity contribution < 1.29 is 33.0 Å². The summed E-state index contributed by atoms with van der Waals surface area (Å²) in [6.07, 6.45) is -0.219. The molecule has 0 amide bonds. The predicted octanol–water partition coefficient (Wildman–Crippen LogP) is 0.974. The van der Waals surface area contributed by atoms with Crippen molar-refractivity contribution in [1.82, 2.24) is 0 Å². The number of ketones is 1. The number of ether oxygens (including phenoxy) is 2. The van der Waals surface area contributed by atoms with Crippen molar-refractivity contribution in [3.63, 3.8) is 0 Å². The Morgan fingerprint density at radius 2 is 2.05 bits per heavy atom. The molecule has 7 heteroatoms. The number of halogens is 2. The average Bonchev–Trinajstić information content (AvgIpc) is 2.67. The van der Waals surface area contributed by atoms with E-state index in [4.69, 9.17) is 9.84 Å². The van der Waals surface area contributed by atoms with Crippen molar-refractivity contribution in [3.05, 3.63) is 0 Å². The second kappa shape index (κ2) is 7.49. The number of cyclic esters (lactones) is 1. The summed E-state index contributed by atoms with van der Waals surface area (Å²) < 4.78 is 32.6. The van der Waals surface area contributed by atoms with Gasteiger partial charge in [-0.1, -0.05) is 0 Å². The number of hydrogen-bond donors (Lipinski definition) is 1. The second-order valence-corrected chi connectivity index (χ2v) is 5.27. The molecule has 1 heterocycles. The second-order valence-electron chi connectivity index (χ2n) is 5.27. The van der Waals surface area contributed by atoms with E-state index in [1.807, 2.05) is 20.8 Å². The van der Waals surface area contributed by atoms with E-state index in [0.29, 0.717) is 0 Å². The Morgan fingerprint density at radius 1 is 1.47 bits per heavy atom. The van der Waals surface area contributed by atoms with Crippen molar-refractivity contribution in [2.24, 2.45) is 0 Å². The molecule has 0 aliphatic carbocycles. The van der Waals surface area contributed by atoms with Crippen LogP contribution in [-0.4, -0.2) is 54.6 Å². The first-order chi connectivity index (χ1) is 8.62. The van der Waals surface area contributed by atoms with Gasteiger partial charge in [0.15, 0.2) is 12.5 Å². The molecule has 112 valence electrons. The maximum absolute atomic E-state index is 11.8. The Bertz CT molecular complexity index is 314. The van der Waals surface area contributed by atoms with Gasteiger partial charge in [0.05, 0.1) is 12.0 Å². The molecule has 0 aromatic carbocycles. The topological polar surface area (TPSA) is 72.8 Å². The van der Waals surface area contributed by atoms with Crippen molar-refractivity contribution >= 4 is 11.8 Å². The molecule has 19 heavy (non-hydrogen) atoms. The molecule has 1 unspecified atom stereocenters. The van der Waals surface area contributed by atoms with Gasteiger partial charge in [0, 0.05) is 0 Å². The fraction of sp³-hybridized carbons (Fsp3) is 0.833. The number of rotatable bonds is 4. The van der Waals surface area contributed by atoms with Crippen molar-refractivity contribution in [3.8, 4) is 0 Å². The molecule has 1 aliphatic rings. The smallest absolute Gasteiger partial charge is 0.309 e. The monoisotopic (exact) mass is 282 g/mol. The van der Waals surface area contributed by atoms with Crippen molar-refractivity contribution in [1.29, 1.82) is 0 Å². The highest BCUT2D eigenvalue weighted by Crippen LogP contribution is 2.19. The van der Waals surface area contributed by atoms with Gasteiger partial charge < -0.3 is 14.6 Å². The third kappa shape index (κ3) is 8.61. The zero-order valence-electron chi connectivity index (χ0n) is 11.4. The normalized spacial score (nSPS) is 22.5. The van der Waals surface area contributed by atoms with E-state index in [1.54, 1.807) is 0 Å². The van der Waals surface area contributed by atoms with Crippen LogP contribution in [0, 0.1) is 0 Å². The zero-order valence-corrected chi connectivity index (χ0v) is 11.4. The van der Waals surface area contributed by atoms with Crippen LogP contribution in [0.3, 0.4) is 0 Å². The van der Waals surface area contributed by atoms with Crippen LogP contribution in [0.15, 0.2) is 0 Å². The molecule has 0 aromatic rings. The first kappa shape index (κ1) is 17.9. The summed E-state index contributed by atoms with van der Waals surface area (Å²) in [6, 6.07) is 0. The summed E-state index contributed by atoms with van der Waals surface area (Å²) in [5.74, 6) is -1.04. The summed E-state index contributed by atoms with van der Waals surface area (Å²) in [4.78, 5) is 20.6. The van der Waals surface area contributed by atoms with Crippen LogP contribution in [0.2, 0.25) is 0 Å². The molecule has 1 rings (SSSR count). The molecule has 0 spiro atoms. The highest BCUT2D eigenvalue weighted by molar-refractivity contribution is 5.80. The lowest BCUT2D eigenvalue weighted by molar-refractivity contribution is -0.138. The summed E-state index contributed by atoms with van der Waals surface area (Å²) in [5, 5.41) is 8.95. The van der Waals surface area contributed by atoms with E-state index in [-0.39, 0.29) is 25.2 Å². The number of carbonyl (C=O) groups is 2. The van der Waals surface area contributed by atoms with Crippen LogP contribution in [0.25, 0.3) is 0 Å². The lowest BCUT2D eigenvalue weighted by atomic mass is 10.1. The quantitative estimate of drug-likeness (QED) is 0.778. The molecule has 0 bridgehead atoms. The molecule has 1 saturated heterocycles. The standard InChI is InChI=1S/C7H13FO2.C5H7FO3/c1-7(2,3)10-5-6(9)4-8;6-2-5(8)1-4(7)9-3-5/h4-5H2,1-3H3;8H,1-3H2. The number of carbonyl (C=O) groups excluding carboxylic acids is 2. The van der Waals surface area contributed by atoms with Crippen molar-refractivity contribution in [2.75, 3.05) is 26.6 Å². The van der Waals surface area contributed by atoms with Gasteiger partial charge in [0.2, 0.25) is 0 Å². The Balaban J connectivity index is 0.000000342. The SMILES string of the molecule is CC(C)(C)OCC(=O)CF.O=C1CC(O)(CF)CO1. The molecule has 0 aromatic heterocycles.